The molecule has 1 aliphatic carbocycles. The number of esters is 1. The van der Waals surface area contributed by atoms with Gasteiger partial charge in [-0.2, -0.15) is 0 Å². The summed E-state index contributed by atoms with van der Waals surface area (Å²) in [7, 11) is 1.34. The Morgan fingerprint density at radius 3 is 2.56 bits per heavy atom. The minimum Gasteiger partial charge on any atom is -0.494 e. The summed E-state index contributed by atoms with van der Waals surface area (Å²) in [5.41, 5.74) is 0.374. The average molecular weight is 444 g/mol. The van der Waals surface area contributed by atoms with E-state index >= 15 is 0 Å². The molecule has 1 saturated heterocycles. The van der Waals surface area contributed by atoms with Crippen LogP contribution in [0.25, 0.3) is 0 Å². The van der Waals surface area contributed by atoms with Crippen molar-refractivity contribution in [1.82, 2.24) is 4.90 Å². The lowest BCUT2D eigenvalue weighted by molar-refractivity contribution is -0.0237. The molecule has 0 spiro atoms. The molecule has 0 bridgehead atoms. The van der Waals surface area contributed by atoms with Gasteiger partial charge in [-0.1, -0.05) is 12.1 Å². The number of nitrogens with zero attached hydrogens (tertiary/aromatic N) is 1. The number of methoxy groups -OCH3 is 1. The van der Waals surface area contributed by atoms with Crippen LogP contribution in [0.1, 0.15) is 29.6 Å². The van der Waals surface area contributed by atoms with E-state index in [0.29, 0.717) is 41.9 Å². The highest BCUT2D eigenvalue weighted by molar-refractivity contribution is 5.92. The fourth-order valence-corrected chi connectivity index (χ4v) is 4.82. The topological polar surface area (TPSA) is 68.2 Å². The number of halogens is 1. The quantitative estimate of drug-likeness (QED) is 0.497. The molecule has 172 valence electrons. The number of para-hydroxylation sites is 1. The Balaban J connectivity index is 1.27. The summed E-state index contributed by atoms with van der Waals surface area (Å²) in [6, 6.07) is 13.1. The Labute approximate surface area is 187 Å². The highest BCUT2D eigenvalue weighted by Crippen LogP contribution is 2.38. The lowest BCUT2D eigenvalue weighted by atomic mass is 9.78. The lowest BCUT2D eigenvalue weighted by Crippen LogP contribution is -2.42. The van der Waals surface area contributed by atoms with Crippen molar-refractivity contribution in [2.45, 2.75) is 31.5 Å². The van der Waals surface area contributed by atoms with Gasteiger partial charge in [0.15, 0.2) is 0 Å². The van der Waals surface area contributed by atoms with Gasteiger partial charge in [0.2, 0.25) is 0 Å². The molecule has 0 radical (unpaired) electrons. The van der Waals surface area contributed by atoms with Crippen LogP contribution in [-0.4, -0.2) is 61.5 Å². The van der Waals surface area contributed by atoms with Crippen molar-refractivity contribution in [1.29, 1.82) is 0 Å². The number of aliphatic hydroxyl groups is 1. The number of fused-ring (bicyclic) bond motifs is 1. The highest BCUT2D eigenvalue weighted by atomic mass is 19.1. The second-order valence-electron chi connectivity index (χ2n) is 8.62. The minimum absolute atomic E-state index is 0.268. The number of ether oxygens (including phenoxy) is 3. The molecule has 32 heavy (non-hydrogen) atoms. The van der Waals surface area contributed by atoms with Gasteiger partial charge in [-0.15, -0.1) is 0 Å². The van der Waals surface area contributed by atoms with Gasteiger partial charge in [-0.05, 0) is 67.5 Å². The number of rotatable bonds is 8. The van der Waals surface area contributed by atoms with Gasteiger partial charge in [-0.25, -0.2) is 9.18 Å². The number of hydrogen-bond acceptors (Lipinski definition) is 6. The molecule has 2 fully saturated rings. The van der Waals surface area contributed by atoms with Crippen molar-refractivity contribution < 1.29 is 28.5 Å². The molecule has 1 saturated carbocycles. The Hall–Kier alpha value is -2.64. The maximum absolute atomic E-state index is 13.0. The molecule has 1 aliphatic heterocycles. The summed E-state index contributed by atoms with van der Waals surface area (Å²) in [6.07, 6.45) is 1.42. The number of carbonyl (C=O) groups is 1. The van der Waals surface area contributed by atoms with Crippen LogP contribution in [0, 0.1) is 17.7 Å². The van der Waals surface area contributed by atoms with Gasteiger partial charge in [0.05, 0.1) is 19.8 Å². The van der Waals surface area contributed by atoms with Gasteiger partial charge < -0.3 is 24.2 Å². The van der Waals surface area contributed by atoms with Gasteiger partial charge in [0, 0.05) is 19.6 Å². The smallest absolute Gasteiger partial charge is 0.341 e. The third kappa shape index (κ3) is 5.40. The van der Waals surface area contributed by atoms with E-state index in [0.717, 1.165) is 32.5 Å². The van der Waals surface area contributed by atoms with Crippen molar-refractivity contribution in [3.63, 3.8) is 0 Å². The number of carbonyl (C=O) groups excluding carboxylic acids is 1. The van der Waals surface area contributed by atoms with Crippen molar-refractivity contribution in [2.75, 3.05) is 33.4 Å². The van der Waals surface area contributed by atoms with Gasteiger partial charge >= 0.3 is 5.97 Å². The molecule has 0 amide bonds. The summed E-state index contributed by atoms with van der Waals surface area (Å²) < 4.78 is 29.6. The van der Waals surface area contributed by atoms with Crippen molar-refractivity contribution >= 4 is 5.97 Å². The largest absolute Gasteiger partial charge is 0.494 e. The summed E-state index contributed by atoms with van der Waals surface area (Å²) in [5, 5.41) is 10.7. The summed E-state index contributed by atoms with van der Waals surface area (Å²) >= 11 is 0. The van der Waals surface area contributed by atoms with Gasteiger partial charge in [0.1, 0.15) is 29.0 Å². The van der Waals surface area contributed by atoms with Crippen molar-refractivity contribution in [2.24, 2.45) is 11.8 Å². The zero-order chi connectivity index (χ0) is 22.5. The van der Waals surface area contributed by atoms with E-state index in [2.05, 4.69) is 4.90 Å². The molecule has 2 aromatic rings. The fourth-order valence-electron chi connectivity index (χ4n) is 4.82. The maximum atomic E-state index is 13.0. The van der Waals surface area contributed by atoms with E-state index in [1.165, 1.54) is 19.2 Å². The second-order valence-corrected chi connectivity index (χ2v) is 8.62. The molecule has 6 nitrogen and oxygen atoms in total. The molecular weight excluding hydrogens is 413 g/mol. The van der Waals surface area contributed by atoms with Crippen LogP contribution in [0.2, 0.25) is 0 Å². The molecular formula is C25H30FNO5. The molecule has 1 N–H and O–H groups in total. The van der Waals surface area contributed by atoms with Crippen LogP contribution in [0.15, 0.2) is 48.5 Å². The standard InChI is InChI=1S/C25H30FNO5/c1-30-25(29)21-5-2-3-6-23(21)32-24-14-18-16-27(15-17(18)13-22(24)28)11-4-12-31-20-9-7-19(26)8-10-20/h2-3,5-10,17-18,22,24,28H,4,11-16H2,1H3/t17-,18+,22+,24+/m0/s1. The molecule has 4 rings (SSSR count). The summed E-state index contributed by atoms with van der Waals surface area (Å²) in [6.45, 7) is 3.42. The zero-order valence-electron chi connectivity index (χ0n) is 18.3. The third-order valence-corrected chi connectivity index (χ3v) is 6.43. The molecule has 7 heteroatoms. The van der Waals surface area contributed by atoms with Gasteiger partial charge in [0.25, 0.3) is 0 Å². The lowest BCUT2D eigenvalue weighted by Gasteiger charge is -2.35. The van der Waals surface area contributed by atoms with Crippen LogP contribution in [0.3, 0.4) is 0 Å². The molecule has 2 aromatic carbocycles. The Morgan fingerprint density at radius 1 is 1.09 bits per heavy atom. The van der Waals surface area contributed by atoms with E-state index in [-0.39, 0.29) is 11.9 Å². The molecule has 4 atom stereocenters. The van der Waals surface area contributed by atoms with E-state index < -0.39 is 12.1 Å². The van der Waals surface area contributed by atoms with E-state index in [4.69, 9.17) is 14.2 Å². The number of benzene rings is 2. The molecule has 2 aliphatic rings. The first kappa shape index (κ1) is 22.6. The Kier molecular flexibility index (Phi) is 7.27. The first-order chi connectivity index (χ1) is 15.5. The normalized spacial score (nSPS) is 25.2. The van der Waals surface area contributed by atoms with E-state index in [1.54, 1.807) is 30.3 Å². The van der Waals surface area contributed by atoms with E-state index in [1.807, 2.05) is 6.07 Å². The molecule has 0 aromatic heterocycles. The molecule has 0 unspecified atom stereocenters. The first-order valence-corrected chi connectivity index (χ1v) is 11.2. The summed E-state index contributed by atoms with van der Waals surface area (Å²) in [4.78, 5) is 14.4. The van der Waals surface area contributed by atoms with Crippen LogP contribution in [-0.2, 0) is 4.74 Å². The monoisotopic (exact) mass is 443 g/mol. The number of hydrogen-bond donors (Lipinski definition) is 1. The first-order valence-electron chi connectivity index (χ1n) is 11.2. The zero-order valence-corrected chi connectivity index (χ0v) is 18.3. The van der Waals surface area contributed by atoms with Crippen LogP contribution in [0.5, 0.6) is 11.5 Å². The number of aliphatic hydroxyl groups excluding tert-OH is 1. The van der Waals surface area contributed by atoms with Crippen LogP contribution < -0.4 is 9.47 Å². The Bertz CT molecular complexity index is 905. The molecule has 1 heterocycles. The average Bonchev–Trinajstić information content (AvgIpc) is 3.19. The predicted molar refractivity (Wildman–Crippen MR) is 117 cm³/mol. The third-order valence-electron chi connectivity index (χ3n) is 6.43. The minimum atomic E-state index is -0.566. The fraction of sp³-hybridized carbons (Fsp3) is 0.480. The van der Waals surface area contributed by atoms with E-state index in [9.17, 15) is 14.3 Å². The second kappa shape index (κ2) is 10.3. The Morgan fingerprint density at radius 2 is 1.81 bits per heavy atom. The number of likely N-dealkylation sites (tertiary alicyclic amines) is 1. The van der Waals surface area contributed by atoms with Gasteiger partial charge in [-0.3, -0.25) is 0 Å². The van der Waals surface area contributed by atoms with Crippen molar-refractivity contribution in [3.05, 3.63) is 59.9 Å². The maximum Gasteiger partial charge on any atom is 0.341 e. The van der Waals surface area contributed by atoms with Crippen LogP contribution >= 0.6 is 0 Å². The van der Waals surface area contributed by atoms with Crippen LogP contribution in [0.4, 0.5) is 4.39 Å². The highest BCUT2D eigenvalue weighted by Gasteiger charge is 2.42. The SMILES string of the molecule is COC(=O)c1ccccc1O[C@@H]1C[C@@H]2CN(CCCOc3ccc(F)cc3)C[C@@H]2C[C@H]1O. The predicted octanol–water partition coefficient (Wildman–Crippen LogP) is 3.53. The summed E-state index contributed by atoms with van der Waals surface area (Å²) in [5.74, 6) is 1.31. The van der Waals surface area contributed by atoms with Crippen molar-refractivity contribution in [3.8, 4) is 11.5 Å².